The molecule has 1 aromatic carbocycles. The van der Waals surface area contributed by atoms with Gasteiger partial charge in [0.25, 0.3) is 5.91 Å². The first-order valence-corrected chi connectivity index (χ1v) is 8.23. The highest BCUT2D eigenvalue weighted by molar-refractivity contribution is 5.97. The number of carbonyl (C=O) groups is 1. The monoisotopic (exact) mass is 317 g/mol. The van der Waals surface area contributed by atoms with Crippen LogP contribution in [0.5, 0.6) is 0 Å². The zero-order valence-corrected chi connectivity index (χ0v) is 14.7. The number of rotatable bonds is 7. The van der Waals surface area contributed by atoms with Gasteiger partial charge in [0.2, 0.25) is 0 Å². The minimum atomic E-state index is -0.0572. The molecule has 2 aromatic rings. The SMILES string of the molecule is CC(C)N(CCCNC(=O)c1ccc2c(c1)nnn2C)C(C)C. The van der Waals surface area contributed by atoms with Crippen LogP contribution in [0.4, 0.5) is 0 Å². The predicted octanol–water partition coefficient (Wildman–Crippen LogP) is 2.21. The van der Waals surface area contributed by atoms with E-state index in [1.54, 1.807) is 10.7 Å². The molecule has 1 amide bonds. The fourth-order valence-corrected chi connectivity index (χ4v) is 2.86. The molecule has 0 aliphatic carbocycles. The van der Waals surface area contributed by atoms with Gasteiger partial charge >= 0.3 is 0 Å². The van der Waals surface area contributed by atoms with Crippen molar-refractivity contribution in [2.75, 3.05) is 13.1 Å². The number of amides is 1. The van der Waals surface area contributed by atoms with E-state index >= 15 is 0 Å². The average Bonchev–Trinajstić information content (AvgIpc) is 2.87. The molecule has 6 heteroatoms. The van der Waals surface area contributed by atoms with E-state index in [4.69, 9.17) is 0 Å². The van der Waals surface area contributed by atoms with Crippen molar-refractivity contribution < 1.29 is 4.79 Å². The summed E-state index contributed by atoms with van der Waals surface area (Å²) in [5, 5.41) is 11.0. The summed E-state index contributed by atoms with van der Waals surface area (Å²) in [7, 11) is 1.84. The van der Waals surface area contributed by atoms with E-state index in [0.717, 1.165) is 24.0 Å². The molecule has 0 atom stereocenters. The predicted molar refractivity (Wildman–Crippen MR) is 92.4 cm³/mol. The van der Waals surface area contributed by atoms with Gasteiger partial charge in [-0.25, -0.2) is 4.68 Å². The second-order valence-corrected chi connectivity index (χ2v) is 6.45. The number of carbonyl (C=O) groups excluding carboxylic acids is 1. The second-order valence-electron chi connectivity index (χ2n) is 6.45. The molecule has 0 saturated carbocycles. The molecule has 0 spiro atoms. The summed E-state index contributed by atoms with van der Waals surface area (Å²) < 4.78 is 1.70. The van der Waals surface area contributed by atoms with E-state index < -0.39 is 0 Å². The number of aromatic nitrogens is 3. The minimum Gasteiger partial charge on any atom is -0.352 e. The maximum absolute atomic E-state index is 12.2. The van der Waals surface area contributed by atoms with Crippen LogP contribution >= 0.6 is 0 Å². The molecular weight excluding hydrogens is 290 g/mol. The second kappa shape index (κ2) is 7.55. The van der Waals surface area contributed by atoms with Gasteiger partial charge in [0.15, 0.2) is 0 Å². The summed E-state index contributed by atoms with van der Waals surface area (Å²) in [6.45, 7) is 10.5. The van der Waals surface area contributed by atoms with Gasteiger partial charge in [0, 0.05) is 37.8 Å². The Labute approximate surface area is 137 Å². The van der Waals surface area contributed by atoms with Gasteiger partial charge in [-0.15, -0.1) is 5.10 Å². The molecule has 0 saturated heterocycles. The molecular formula is C17H27N5O. The van der Waals surface area contributed by atoms with E-state index in [2.05, 4.69) is 48.2 Å². The van der Waals surface area contributed by atoms with Crippen LogP contribution in [-0.4, -0.2) is 51.0 Å². The third-order valence-corrected chi connectivity index (χ3v) is 4.08. The number of nitrogens with one attached hydrogen (secondary N) is 1. The minimum absolute atomic E-state index is 0.0572. The zero-order valence-electron chi connectivity index (χ0n) is 14.7. The summed E-state index contributed by atoms with van der Waals surface area (Å²) >= 11 is 0. The fourth-order valence-electron chi connectivity index (χ4n) is 2.86. The Hall–Kier alpha value is -1.95. The van der Waals surface area contributed by atoms with Crippen LogP contribution in [0.15, 0.2) is 18.2 Å². The van der Waals surface area contributed by atoms with E-state index in [9.17, 15) is 4.79 Å². The van der Waals surface area contributed by atoms with Crippen LogP contribution in [0, 0.1) is 0 Å². The zero-order chi connectivity index (χ0) is 17.0. The quantitative estimate of drug-likeness (QED) is 0.795. The molecule has 0 bridgehead atoms. The molecule has 0 radical (unpaired) electrons. The molecule has 1 aromatic heterocycles. The van der Waals surface area contributed by atoms with Gasteiger partial charge in [-0.1, -0.05) is 5.21 Å². The molecule has 2 rings (SSSR count). The van der Waals surface area contributed by atoms with E-state index in [0.29, 0.717) is 24.2 Å². The van der Waals surface area contributed by atoms with Crippen molar-refractivity contribution in [2.24, 2.45) is 7.05 Å². The van der Waals surface area contributed by atoms with Crippen molar-refractivity contribution in [1.29, 1.82) is 0 Å². The van der Waals surface area contributed by atoms with Crippen molar-refractivity contribution in [1.82, 2.24) is 25.2 Å². The molecule has 0 aliphatic rings. The third-order valence-electron chi connectivity index (χ3n) is 4.08. The Kier molecular flexibility index (Phi) is 5.71. The van der Waals surface area contributed by atoms with Gasteiger partial charge < -0.3 is 5.32 Å². The van der Waals surface area contributed by atoms with Crippen molar-refractivity contribution in [2.45, 2.75) is 46.2 Å². The van der Waals surface area contributed by atoms with Crippen LogP contribution in [0.3, 0.4) is 0 Å². The number of fused-ring (bicyclic) bond motifs is 1. The van der Waals surface area contributed by atoms with E-state index in [1.165, 1.54) is 0 Å². The first-order valence-electron chi connectivity index (χ1n) is 8.23. The number of nitrogens with zero attached hydrogens (tertiary/aromatic N) is 4. The highest BCUT2D eigenvalue weighted by Gasteiger charge is 2.13. The number of benzene rings is 1. The number of aryl methyl sites for hydroxylation is 1. The highest BCUT2D eigenvalue weighted by atomic mass is 16.1. The normalized spacial score (nSPS) is 11.8. The summed E-state index contributed by atoms with van der Waals surface area (Å²) in [6, 6.07) is 6.51. The Balaban J connectivity index is 1.86. The lowest BCUT2D eigenvalue weighted by molar-refractivity contribution is 0.0949. The molecule has 126 valence electrons. The van der Waals surface area contributed by atoms with Crippen molar-refractivity contribution in [3.05, 3.63) is 23.8 Å². The van der Waals surface area contributed by atoms with Crippen LogP contribution in [0.1, 0.15) is 44.5 Å². The van der Waals surface area contributed by atoms with Crippen LogP contribution in [0.25, 0.3) is 11.0 Å². The third kappa shape index (κ3) is 4.28. The molecule has 1 heterocycles. The van der Waals surface area contributed by atoms with Gasteiger partial charge in [0.05, 0.1) is 5.52 Å². The van der Waals surface area contributed by atoms with Gasteiger partial charge in [-0.3, -0.25) is 9.69 Å². The topological polar surface area (TPSA) is 63.1 Å². The van der Waals surface area contributed by atoms with Crippen LogP contribution < -0.4 is 5.32 Å². The summed E-state index contributed by atoms with van der Waals surface area (Å²) in [4.78, 5) is 14.7. The summed E-state index contributed by atoms with van der Waals surface area (Å²) in [5.74, 6) is -0.0572. The Morgan fingerprint density at radius 2 is 1.96 bits per heavy atom. The Bertz CT molecular complexity index is 654. The first-order chi connectivity index (χ1) is 10.9. The number of hydrogen-bond acceptors (Lipinski definition) is 4. The Morgan fingerprint density at radius 1 is 1.26 bits per heavy atom. The first kappa shape index (κ1) is 17.4. The van der Waals surface area contributed by atoms with Gasteiger partial charge in [-0.05, 0) is 52.3 Å². The molecule has 1 N–H and O–H groups in total. The average molecular weight is 317 g/mol. The highest BCUT2D eigenvalue weighted by Crippen LogP contribution is 2.12. The maximum atomic E-state index is 12.2. The number of hydrogen-bond donors (Lipinski definition) is 1. The molecule has 23 heavy (non-hydrogen) atoms. The smallest absolute Gasteiger partial charge is 0.251 e. The van der Waals surface area contributed by atoms with Crippen LogP contribution in [0.2, 0.25) is 0 Å². The summed E-state index contributed by atoms with van der Waals surface area (Å²) in [6.07, 6.45) is 0.940. The molecule has 0 unspecified atom stereocenters. The lowest BCUT2D eigenvalue weighted by atomic mass is 10.2. The van der Waals surface area contributed by atoms with Gasteiger partial charge in [0.1, 0.15) is 5.52 Å². The van der Waals surface area contributed by atoms with E-state index in [1.807, 2.05) is 19.2 Å². The molecule has 0 aliphatic heterocycles. The van der Waals surface area contributed by atoms with E-state index in [-0.39, 0.29) is 5.91 Å². The summed E-state index contributed by atoms with van der Waals surface area (Å²) in [5.41, 5.74) is 2.29. The van der Waals surface area contributed by atoms with Crippen molar-refractivity contribution in [3.8, 4) is 0 Å². The molecule has 6 nitrogen and oxygen atoms in total. The Morgan fingerprint density at radius 3 is 2.61 bits per heavy atom. The van der Waals surface area contributed by atoms with Gasteiger partial charge in [-0.2, -0.15) is 0 Å². The van der Waals surface area contributed by atoms with Crippen molar-refractivity contribution in [3.63, 3.8) is 0 Å². The largest absolute Gasteiger partial charge is 0.352 e. The lowest BCUT2D eigenvalue weighted by Crippen LogP contribution is -2.39. The fraction of sp³-hybridized carbons (Fsp3) is 0.588. The molecule has 0 fully saturated rings. The maximum Gasteiger partial charge on any atom is 0.251 e. The van der Waals surface area contributed by atoms with Crippen LogP contribution in [-0.2, 0) is 7.05 Å². The lowest BCUT2D eigenvalue weighted by Gasteiger charge is -2.30. The van der Waals surface area contributed by atoms with Crippen molar-refractivity contribution >= 4 is 16.9 Å². The standard InChI is InChI=1S/C17H27N5O/c1-12(2)22(13(3)4)10-6-9-18-17(23)14-7-8-16-15(11-14)19-20-21(16)5/h7-8,11-13H,6,9-10H2,1-5H3,(H,18,23).